The zero-order chi connectivity index (χ0) is 18.7. The molecule has 0 saturated carbocycles. The maximum absolute atomic E-state index is 12.6. The van der Waals surface area contributed by atoms with Crippen molar-refractivity contribution in [3.63, 3.8) is 0 Å². The van der Waals surface area contributed by atoms with Gasteiger partial charge in [0.15, 0.2) is 4.58 Å². The minimum atomic E-state index is -6.52. The number of alkyl halides is 6. The molecule has 0 bridgehead atoms. The van der Waals surface area contributed by atoms with Gasteiger partial charge in [-0.25, -0.2) is 16.8 Å². The number of unbranched alkanes of at least 4 members (excludes halogenated alkanes) is 1. The highest BCUT2D eigenvalue weighted by molar-refractivity contribution is 8.09. The normalized spacial score (nSPS) is 15.9. The summed E-state index contributed by atoms with van der Waals surface area (Å²) in [5.41, 5.74) is -12.2. The van der Waals surface area contributed by atoms with Crippen molar-refractivity contribution in [3.05, 3.63) is 0 Å². The van der Waals surface area contributed by atoms with Gasteiger partial charge in [0.05, 0.1) is 0 Å². The maximum Gasteiger partial charge on any atom is 0.498 e. The summed E-state index contributed by atoms with van der Waals surface area (Å²) in [6, 6.07) is 0. The van der Waals surface area contributed by atoms with E-state index in [0.717, 1.165) is 0 Å². The molecular weight excluding hydrogens is 374 g/mol. The SMILES string of the molecule is CCCCC(CC)CC(S(=O)(=O)C(F)(F)F)S(=O)(=O)C(F)(F)F. The molecule has 0 amide bonds. The molecule has 0 N–H and O–H groups in total. The van der Waals surface area contributed by atoms with Gasteiger partial charge in [-0.3, -0.25) is 0 Å². The highest BCUT2D eigenvalue weighted by atomic mass is 32.3. The van der Waals surface area contributed by atoms with Gasteiger partial charge in [-0.15, -0.1) is 0 Å². The van der Waals surface area contributed by atoms with Crippen LogP contribution in [0.25, 0.3) is 0 Å². The Morgan fingerprint density at radius 2 is 1.22 bits per heavy atom. The summed E-state index contributed by atoms with van der Waals surface area (Å²) in [5, 5.41) is 0. The lowest BCUT2D eigenvalue weighted by molar-refractivity contribution is -0.0474. The summed E-state index contributed by atoms with van der Waals surface area (Å²) in [7, 11) is -13.0. The van der Waals surface area contributed by atoms with Crippen LogP contribution in [-0.4, -0.2) is 32.4 Å². The first kappa shape index (κ1) is 22.5. The largest absolute Gasteiger partial charge is 0.498 e. The van der Waals surface area contributed by atoms with Crippen molar-refractivity contribution in [3.8, 4) is 0 Å². The molecule has 23 heavy (non-hydrogen) atoms. The third kappa shape index (κ3) is 5.23. The Bertz CT molecular complexity index is 533. The molecule has 0 rings (SSSR count). The summed E-state index contributed by atoms with van der Waals surface area (Å²) in [6.07, 6.45) is -0.00966. The first-order chi connectivity index (χ1) is 10.1. The Morgan fingerprint density at radius 1 is 0.826 bits per heavy atom. The average molecular weight is 392 g/mol. The Balaban J connectivity index is 5.96. The monoisotopic (exact) mass is 392 g/mol. The molecule has 140 valence electrons. The smallest absolute Gasteiger partial charge is 0.218 e. The molecule has 0 aromatic heterocycles. The van der Waals surface area contributed by atoms with Crippen LogP contribution in [0.3, 0.4) is 0 Å². The van der Waals surface area contributed by atoms with Crippen LogP contribution in [0, 0.1) is 5.92 Å². The lowest BCUT2D eigenvalue weighted by Gasteiger charge is -2.24. The summed E-state index contributed by atoms with van der Waals surface area (Å²) in [5.74, 6) is -0.880. The van der Waals surface area contributed by atoms with Gasteiger partial charge >= 0.3 is 11.0 Å². The Morgan fingerprint density at radius 3 is 1.48 bits per heavy atom. The fraction of sp³-hybridized carbons (Fsp3) is 1.00. The van der Waals surface area contributed by atoms with Crippen molar-refractivity contribution in [1.29, 1.82) is 0 Å². The molecule has 0 radical (unpaired) electrons. The second kappa shape index (κ2) is 7.58. The van der Waals surface area contributed by atoms with Gasteiger partial charge in [-0.05, 0) is 12.3 Å². The van der Waals surface area contributed by atoms with Crippen molar-refractivity contribution in [2.45, 2.75) is 61.6 Å². The number of rotatable bonds is 8. The van der Waals surface area contributed by atoms with Crippen LogP contribution in [0.5, 0.6) is 0 Å². The van der Waals surface area contributed by atoms with Crippen molar-refractivity contribution in [2.24, 2.45) is 5.92 Å². The third-order valence-electron chi connectivity index (χ3n) is 3.41. The van der Waals surface area contributed by atoms with Crippen LogP contribution in [0.4, 0.5) is 26.3 Å². The number of hydrogen-bond donors (Lipinski definition) is 0. The minimum absolute atomic E-state index is 0.0667. The molecule has 4 nitrogen and oxygen atoms in total. The van der Waals surface area contributed by atoms with Crippen LogP contribution in [0.2, 0.25) is 0 Å². The maximum atomic E-state index is 12.6. The molecule has 0 aliphatic carbocycles. The molecule has 0 aromatic rings. The first-order valence-electron chi connectivity index (χ1n) is 6.73. The van der Waals surface area contributed by atoms with Crippen LogP contribution in [0.1, 0.15) is 46.0 Å². The average Bonchev–Trinajstić information content (AvgIpc) is 2.35. The molecule has 0 aromatic carbocycles. The van der Waals surface area contributed by atoms with Crippen LogP contribution < -0.4 is 0 Å². The van der Waals surface area contributed by atoms with Crippen molar-refractivity contribution < 1.29 is 43.2 Å². The number of sulfone groups is 2. The molecule has 0 fully saturated rings. The lowest BCUT2D eigenvalue weighted by atomic mass is 9.97. The summed E-state index contributed by atoms with van der Waals surface area (Å²) < 4.78 is 117. The van der Waals surface area contributed by atoms with E-state index >= 15 is 0 Å². The van der Waals surface area contributed by atoms with E-state index in [1.54, 1.807) is 6.92 Å². The molecule has 0 aliphatic heterocycles. The molecule has 0 saturated heterocycles. The number of hydrogen-bond acceptors (Lipinski definition) is 4. The molecular formula is C11H18F6O4S2. The van der Waals surface area contributed by atoms with E-state index in [1.165, 1.54) is 6.92 Å². The molecule has 1 unspecified atom stereocenters. The zero-order valence-electron chi connectivity index (χ0n) is 12.4. The van der Waals surface area contributed by atoms with Gasteiger partial charge in [0, 0.05) is 0 Å². The molecule has 0 spiro atoms. The van der Waals surface area contributed by atoms with E-state index in [0.29, 0.717) is 12.8 Å². The molecule has 1 atom stereocenters. The van der Waals surface area contributed by atoms with E-state index in [4.69, 9.17) is 0 Å². The van der Waals surface area contributed by atoms with Gasteiger partial charge in [-0.1, -0.05) is 39.5 Å². The second-order valence-electron chi connectivity index (χ2n) is 5.06. The van der Waals surface area contributed by atoms with Crippen molar-refractivity contribution >= 4 is 19.7 Å². The predicted octanol–water partition coefficient (Wildman–Crippen LogP) is 3.79. The number of halogens is 6. The topological polar surface area (TPSA) is 68.3 Å². The van der Waals surface area contributed by atoms with Crippen LogP contribution >= 0.6 is 0 Å². The Labute approximate surface area is 131 Å². The second-order valence-corrected chi connectivity index (χ2v) is 9.61. The van der Waals surface area contributed by atoms with Crippen LogP contribution in [-0.2, 0) is 19.7 Å². The fourth-order valence-corrected chi connectivity index (χ4v) is 5.61. The van der Waals surface area contributed by atoms with E-state index < -0.39 is 47.6 Å². The summed E-state index contributed by atoms with van der Waals surface area (Å²) in [4.78, 5) is 0. The standard InChI is InChI=1S/C11H18F6O4S2/c1-3-5-6-8(4-2)7-9(22(18,19)10(12,13)14)23(20,21)11(15,16)17/h8-9H,3-7H2,1-2H3. The minimum Gasteiger partial charge on any atom is -0.218 e. The fourth-order valence-electron chi connectivity index (χ4n) is 1.97. The molecule has 0 aliphatic rings. The van der Waals surface area contributed by atoms with E-state index in [2.05, 4.69) is 0 Å². The van der Waals surface area contributed by atoms with Gasteiger partial charge in [-0.2, -0.15) is 26.3 Å². The van der Waals surface area contributed by atoms with E-state index in [9.17, 15) is 43.2 Å². The first-order valence-corrected chi connectivity index (χ1v) is 9.82. The Kier molecular flexibility index (Phi) is 7.41. The van der Waals surface area contributed by atoms with Gasteiger partial charge in [0.25, 0.3) is 19.7 Å². The zero-order valence-corrected chi connectivity index (χ0v) is 14.0. The highest BCUT2D eigenvalue weighted by Gasteiger charge is 2.62. The van der Waals surface area contributed by atoms with Gasteiger partial charge < -0.3 is 0 Å². The Hall–Kier alpha value is -0.520. The lowest BCUT2D eigenvalue weighted by Crippen LogP contribution is -2.45. The van der Waals surface area contributed by atoms with Crippen molar-refractivity contribution in [2.75, 3.05) is 0 Å². The van der Waals surface area contributed by atoms with E-state index in [1.807, 2.05) is 0 Å². The summed E-state index contributed by atoms with van der Waals surface area (Å²) in [6.45, 7) is 3.17. The van der Waals surface area contributed by atoms with Crippen molar-refractivity contribution in [1.82, 2.24) is 0 Å². The predicted molar refractivity (Wildman–Crippen MR) is 71.7 cm³/mol. The van der Waals surface area contributed by atoms with Gasteiger partial charge in [0.1, 0.15) is 0 Å². The summed E-state index contributed by atoms with van der Waals surface area (Å²) >= 11 is 0. The van der Waals surface area contributed by atoms with Gasteiger partial charge in [0.2, 0.25) is 0 Å². The highest BCUT2D eigenvalue weighted by Crippen LogP contribution is 2.39. The van der Waals surface area contributed by atoms with Crippen LogP contribution in [0.15, 0.2) is 0 Å². The molecule has 0 heterocycles. The van der Waals surface area contributed by atoms with E-state index in [-0.39, 0.29) is 12.8 Å². The quantitative estimate of drug-likeness (QED) is 0.590. The molecule has 12 heteroatoms. The third-order valence-corrected chi connectivity index (χ3v) is 7.99.